The molecule has 0 aliphatic heterocycles. The van der Waals surface area contributed by atoms with Gasteiger partial charge >= 0.3 is 0 Å². The van der Waals surface area contributed by atoms with Crippen LogP contribution in [0.1, 0.15) is 11.1 Å². The van der Waals surface area contributed by atoms with Crippen molar-refractivity contribution in [2.45, 2.75) is 13.8 Å². The van der Waals surface area contributed by atoms with Crippen LogP contribution in [-0.2, 0) is 0 Å². The lowest BCUT2D eigenvalue weighted by Crippen LogP contribution is -2.12. The zero-order valence-corrected chi connectivity index (χ0v) is 32.0. The minimum Gasteiger partial charge on any atom is -0.309 e. The Morgan fingerprint density at radius 3 is 1.19 bits per heavy atom. The number of anilines is 3. The van der Waals surface area contributed by atoms with Gasteiger partial charge in [-0.25, -0.2) is 0 Å². The van der Waals surface area contributed by atoms with Gasteiger partial charge in [0.2, 0.25) is 0 Å². The standard InChI is InChI=1S/C56H39N/c1-36-27-32-52(44-20-8-5-17-41(36)44)57(53-33-28-37(2)42-18-6-9-21-45(42)53)54-34-31-51(43-19-7-10-22-46(43)54)56-49-25-13-11-23-47(49)55(48-24-12-14-26-50(48)56)40-30-29-38-15-3-4-16-39(38)35-40/h3-35H,1-2H3. The topological polar surface area (TPSA) is 3.24 Å². The average Bonchev–Trinajstić information content (AvgIpc) is 3.27. The average molecular weight is 726 g/mol. The molecule has 1 heteroatoms. The van der Waals surface area contributed by atoms with E-state index in [1.807, 2.05) is 0 Å². The first-order valence-electron chi connectivity index (χ1n) is 19.9. The lowest BCUT2D eigenvalue weighted by Gasteiger charge is -2.30. The van der Waals surface area contributed by atoms with Gasteiger partial charge < -0.3 is 4.90 Å². The molecule has 0 amide bonds. The molecule has 0 saturated heterocycles. The summed E-state index contributed by atoms with van der Waals surface area (Å²) in [5.41, 5.74) is 11.0. The number of rotatable bonds is 5. The first kappa shape index (κ1) is 33.1. The Bertz CT molecular complexity index is 3250. The third kappa shape index (κ3) is 5.24. The van der Waals surface area contributed by atoms with Crippen molar-refractivity contribution in [2.24, 2.45) is 0 Å². The molecule has 0 bridgehead atoms. The molecule has 57 heavy (non-hydrogen) atoms. The summed E-state index contributed by atoms with van der Waals surface area (Å²) in [4.78, 5) is 2.51. The number of aryl methyl sites for hydroxylation is 2. The maximum atomic E-state index is 2.51. The molecule has 0 unspecified atom stereocenters. The third-order valence-electron chi connectivity index (χ3n) is 12.1. The highest BCUT2D eigenvalue weighted by Crippen LogP contribution is 2.50. The van der Waals surface area contributed by atoms with Crippen molar-refractivity contribution in [1.82, 2.24) is 0 Å². The molecule has 0 aromatic heterocycles. The molecule has 11 aromatic carbocycles. The predicted octanol–water partition coefficient (Wildman–Crippen LogP) is 16.0. The molecule has 11 aromatic rings. The van der Waals surface area contributed by atoms with Crippen molar-refractivity contribution in [3.05, 3.63) is 211 Å². The molecule has 0 aliphatic carbocycles. The second-order valence-electron chi connectivity index (χ2n) is 15.3. The third-order valence-corrected chi connectivity index (χ3v) is 12.1. The Hall–Kier alpha value is -7.22. The van der Waals surface area contributed by atoms with Gasteiger partial charge in [0.15, 0.2) is 0 Å². The Labute approximate surface area is 332 Å². The van der Waals surface area contributed by atoms with Crippen LogP contribution in [0.5, 0.6) is 0 Å². The van der Waals surface area contributed by atoms with E-state index in [9.17, 15) is 0 Å². The SMILES string of the molecule is Cc1ccc(N(c2ccc(C)c3ccccc23)c2ccc(-c3c4ccccc4c(-c4ccc5ccccc5c4)c4ccccc34)c3ccccc23)c2ccccc12. The maximum absolute atomic E-state index is 2.51. The van der Waals surface area contributed by atoms with E-state index < -0.39 is 0 Å². The molecule has 1 nitrogen and oxygen atoms in total. The Balaban J connectivity index is 1.21. The minimum atomic E-state index is 1.15. The fourth-order valence-corrected chi connectivity index (χ4v) is 9.42. The number of hydrogen-bond acceptors (Lipinski definition) is 1. The van der Waals surface area contributed by atoms with Crippen LogP contribution in [-0.4, -0.2) is 0 Å². The molecule has 11 rings (SSSR count). The Morgan fingerprint density at radius 1 is 0.281 bits per heavy atom. The summed E-state index contributed by atoms with van der Waals surface area (Å²) >= 11 is 0. The monoisotopic (exact) mass is 725 g/mol. The van der Waals surface area contributed by atoms with Crippen molar-refractivity contribution in [1.29, 1.82) is 0 Å². The van der Waals surface area contributed by atoms with Crippen LogP contribution in [0.15, 0.2) is 200 Å². The van der Waals surface area contributed by atoms with Crippen LogP contribution in [0.2, 0.25) is 0 Å². The molecule has 268 valence electrons. The van der Waals surface area contributed by atoms with Gasteiger partial charge in [0, 0.05) is 16.2 Å². The summed E-state index contributed by atoms with van der Waals surface area (Å²) in [5, 5.41) is 15.0. The maximum Gasteiger partial charge on any atom is 0.0540 e. The van der Waals surface area contributed by atoms with E-state index in [0.29, 0.717) is 0 Å². The highest BCUT2D eigenvalue weighted by molar-refractivity contribution is 6.25. The van der Waals surface area contributed by atoms with Crippen molar-refractivity contribution in [3.8, 4) is 22.3 Å². The van der Waals surface area contributed by atoms with E-state index in [-0.39, 0.29) is 0 Å². The Kier molecular flexibility index (Phi) is 7.69. The van der Waals surface area contributed by atoms with Crippen LogP contribution in [0, 0.1) is 13.8 Å². The molecule has 0 heterocycles. The molecule has 0 aliphatic rings. The summed E-state index contributed by atoms with van der Waals surface area (Å²) < 4.78 is 0. The van der Waals surface area contributed by atoms with Gasteiger partial charge in [-0.05, 0) is 120 Å². The lowest BCUT2D eigenvalue weighted by molar-refractivity contribution is 1.32. The molecule has 0 N–H and O–H groups in total. The van der Waals surface area contributed by atoms with E-state index in [4.69, 9.17) is 0 Å². The summed E-state index contributed by atoms with van der Waals surface area (Å²) in [6.07, 6.45) is 0. The summed E-state index contributed by atoms with van der Waals surface area (Å²) in [5.74, 6) is 0. The smallest absolute Gasteiger partial charge is 0.0540 e. The molecule has 0 saturated carbocycles. The molecular weight excluding hydrogens is 687 g/mol. The van der Waals surface area contributed by atoms with Crippen LogP contribution < -0.4 is 4.90 Å². The van der Waals surface area contributed by atoms with Gasteiger partial charge in [0.25, 0.3) is 0 Å². The number of benzene rings is 11. The zero-order chi connectivity index (χ0) is 38.0. The van der Waals surface area contributed by atoms with Gasteiger partial charge in [0.05, 0.1) is 17.1 Å². The van der Waals surface area contributed by atoms with E-state index in [1.165, 1.54) is 109 Å². The predicted molar refractivity (Wildman–Crippen MR) is 247 cm³/mol. The van der Waals surface area contributed by atoms with Crippen LogP contribution in [0.4, 0.5) is 17.1 Å². The summed E-state index contributed by atoms with van der Waals surface area (Å²) in [6, 6.07) is 74.1. The summed E-state index contributed by atoms with van der Waals surface area (Å²) in [6.45, 7) is 4.42. The second kappa shape index (κ2) is 13.2. The highest BCUT2D eigenvalue weighted by atomic mass is 15.1. The van der Waals surface area contributed by atoms with Crippen molar-refractivity contribution < 1.29 is 0 Å². The fourth-order valence-electron chi connectivity index (χ4n) is 9.42. The highest BCUT2D eigenvalue weighted by Gasteiger charge is 2.23. The molecular formula is C56H39N. The van der Waals surface area contributed by atoms with Crippen LogP contribution in [0.3, 0.4) is 0 Å². The Morgan fingerprint density at radius 2 is 0.667 bits per heavy atom. The van der Waals surface area contributed by atoms with E-state index in [0.717, 1.165) is 5.69 Å². The molecule has 0 fully saturated rings. The van der Waals surface area contributed by atoms with Gasteiger partial charge in [-0.2, -0.15) is 0 Å². The summed E-state index contributed by atoms with van der Waals surface area (Å²) in [7, 11) is 0. The van der Waals surface area contributed by atoms with Gasteiger partial charge in [-0.15, -0.1) is 0 Å². The minimum absolute atomic E-state index is 1.15. The van der Waals surface area contributed by atoms with Crippen LogP contribution in [0.25, 0.3) is 86.9 Å². The van der Waals surface area contributed by atoms with E-state index in [1.54, 1.807) is 0 Å². The number of hydrogen-bond donors (Lipinski definition) is 0. The van der Waals surface area contributed by atoms with Gasteiger partial charge in [-0.3, -0.25) is 0 Å². The molecule has 0 radical (unpaired) electrons. The second-order valence-corrected chi connectivity index (χ2v) is 15.3. The van der Waals surface area contributed by atoms with Crippen molar-refractivity contribution in [2.75, 3.05) is 4.90 Å². The van der Waals surface area contributed by atoms with E-state index >= 15 is 0 Å². The van der Waals surface area contributed by atoms with Crippen molar-refractivity contribution >= 4 is 81.7 Å². The van der Waals surface area contributed by atoms with Crippen LogP contribution >= 0.6 is 0 Å². The van der Waals surface area contributed by atoms with Gasteiger partial charge in [0.1, 0.15) is 0 Å². The quantitative estimate of drug-likeness (QED) is 0.160. The van der Waals surface area contributed by atoms with E-state index in [2.05, 4.69) is 219 Å². The normalized spacial score (nSPS) is 11.7. The first-order chi connectivity index (χ1) is 28.1. The first-order valence-corrected chi connectivity index (χ1v) is 19.9. The van der Waals surface area contributed by atoms with Crippen molar-refractivity contribution in [3.63, 3.8) is 0 Å². The van der Waals surface area contributed by atoms with Gasteiger partial charge in [-0.1, -0.05) is 176 Å². The number of fused-ring (bicyclic) bond motifs is 6. The lowest BCUT2D eigenvalue weighted by atomic mass is 9.84. The zero-order valence-electron chi connectivity index (χ0n) is 32.0. The largest absolute Gasteiger partial charge is 0.309 e. The molecule has 0 spiro atoms. The molecule has 0 atom stereocenters. The number of nitrogens with zero attached hydrogens (tertiary/aromatic N) is 1. The fraction of sp³-hybridized carbons (Fsp3) is 0.0357.